The average molecular weight is 363 g/mol. The van der Waals surface area contributed by atoms with Crippen molar-refractivity contribution < 1.29 is 0 Å². The summed E-state index contributed by atoms with van der Waals surface area (Å²) in [5.74, 6) is 0. The normalized spacial score (nSPS) is 17.5. The van der Waals surface area contributed by atoms with E-state index in [1.54, 1.807) is 0 Å². The molecule has 0 spiro atoms. The van der Waals surface area contributed by atoms with Crippen molar-refractivity contribution in [1.82, 2.24) is 0 Å². The Morgan fingerprint density at radius 1 is 1.04 bits per heavy atom. The Labute approximate surface area is 157 Å². The van der Waals surface area contributed by atoms with Crippen LogP contribution in [0, 0.1) is 22.7 Å². The molecule has 0 radical (unpaired) electrons. The van der Waals surface area contributed by atoms with Gasteiger partial charge in [0.15, 0.2) is 0 Å². The Morgan fingerprint density at radius 2 is 1.68 bits per heavy atom. The van der Waals surface area contributed by atoms with Gasteiger partial charge in [0, 0.05) is 9.81 Å². The number of nitriles is 2. The molecule has 1 aliphatic heterocycles. The second-order valence-corrected chi connectivity index (χ2v) is 8.72. The SMILES string of the molecule is CC1=C(C)SC(=CCC/C=C2/Cc3ccccc3C2=C(C#N)C#N)S1. The van der Waals surface area contributed by atoms with E-state index in [-0.39, 0.29) is 5.57 Å². The van der Waals surface area contributed by atoms with Crippen molar-refractivity contribution in [3.05, 3.63) is 72.7 Å². The molecule has 1 aliphatic carbocycles. The summed E-state index contributed by atoms with van der Waals surface area (Å²) in [5, 5.41) is 18.6. The third-order valence-electron chi connectivity index (χ3n) is 4.33. The summed E-state index contributed by atoms with van der Waals surface area (Å²) in [5.41, 5.74) is 4.37. The van der Waals surface area contributed by atoms with Gasteiger partial charge in [-0.15, -0.1) is 0 Å². The topological polar surface area (TPSA) is 47.6 Å². The molecule has 1 aromatic rings. The van der Waals surface area contributed by atoms with Crippen molar-refractivity contribution in [3.63, 3.8) is 0 Å². The lowest BCUT2D eigenvalue weighted by atomic mass is 9.99. The number of nitrogens with zero attached hydrogens (tertiary/aromatic N) is 2. The number of benzene rings is 1. The summed E-state index contributed by atoms with van der Waals surface area (Å²) >= 11 is 3.69. The minimum absolute atomic E-state index is 0.215. The predicted molar refractivity (Wildman–Crippen MR) is 107 cm³/mol. The van der Waals surface area contributed by atoms with E-state index in [2.05, 4.69) is 44.2 Å². The van der Waals surface area contributed by atoms with Gasteiger partial charge in [0.05, 0.1) is 0 Å². The zero-order valence-corrected chi connectivity index (χ0v) is 15.9. The van der Waals surface area contributed by atoms with E-state index in [4.69, 9.17) is 0 Å². The predicted octanol–water partition coefficient (Wildman–Crippen LogP) is 6.32. The van der Waals surface area contributed by atoms with Crippen LogP contribution in [-0.4, -0.2) is 0 Å². The Morgan fingerprint density at radius 3 is 2.36 bits per heavy atom. The molecule has 0 unspecified atom stereocenters. The van der Waals surface area contributed by atoms with E-state index in [0.717, 1.165) is 36.0 Å². The van der Waals surface area contributed by atoms with E-state index in [9.17, 15) is 10.5 Å². The van der Waals surface area contributed by atoms with Crippen LogP contribution in [0.15, 0.2) is 61.6 Å². The minimum atomic E-state index is 0.215. The van der Waals surface area contributed by atoms with E-state index < -0.39 is 0 Å². The van der Waals surface area contributed by atoms with Crippen LogP contribution < -0.4 is 0 Å². The van der Waals surface area contributed by atoms with Crippen LogP contribution >= 0.6 is 23.5 Å². The van der Waals surface area contributed by atoms with Gasteiger partial charge in [-0.2, -0.15) is 10.5 Å². The second-order valence-electron chi connectivity index (χ2n) is 5.95. The highest BCUT2D eigenvalue weighted by Gasteiger charge is 2.24. The molecule has 3 rings (SSSR count). The summed E-state index contributed by atoms with van der Waals surface area (Å²) in [6, 6.07) is 12.2. The van der Waals surface area contributed by atoms with Crippen LogP contribution in [0.25, 0.3) is 5.57 Å². The maximum absolute atomic E-state index is 9.32. The molecule has 0 fully saturated rings. The minimum Gasteiger partial charge on any atom is -0.192 e. The maximum atomic E-state index is 9.32. The molecule has 1 heterocycles. The maximum Gasteiger partial charge on any atom is 0.137 e. The molecule has 0 saturated carbocycles. The molecule has 0 N–H and O–H groups in total. The molecule has 0 bridgehead atoms. The van der Waals surface area contributed by atoms with Gasteiger partial charge in [0.1, 0.15) is 17.7 Å². The molecule has 2 nitrogen and oxygen atoms in total. The Hall–Kier alpha value is -2.14. The molecule has 124 valence electrons. The highest BCUT2D eigenvalue weighted by atomic mass is 32.2. The van der Waals surface area contributed by atoms with E-state index in [1.807, 2.05) is 41.7 Å². The first kappa shape index (κ1) is 17.7. The third kappa shape index (κ3) is 3.76. The van der Waals surface area contributed by atoms with Crippen molar-refractivity contribution in [2.75, 3.05) is 0 Å². The summed E-state index contributed by atoms with van der Waals surface area (Å²) in [4.78, 5) is 2.78. The van der Waals surface area contributed by atoms with Gasteiger partial charge in [-0.05, 0) is 59.6 Å². The fourth-order valence-corrected chi connectivity index (χ4v) is 5.46. The van der Waals surface area contributed by atoms with Crippen molar-refractivity contribution >= 4 is 29.1 Å². The van der Waals surface area contributed by atoms with Gasteiger partial charge < -0.3 is 0 Å². The summed E-state index contributed by atoms with van der Waals surface area (Å²) in [7, 11) is 0. The number of hydrogen-bond donors (Lipinski definition) is 0. The number of rotatable bonds is 3. The standard InChI is InChI=1S/C21H18N2S2/c1-14-15(2)25-20(24-14)10-6-4-8-17-11-16-7-3-5-9-19(16)21(17)18(12-22)13-23/h3,5,7-10H,4,6,11H2,1-2H3/b17-8-. The zero-order chi connectivity index (χ0) is 17.8. The van der Waals surface area contributed by atoms with Gasteiger partial charge in [-0.1, -0.05) is 59.9 Å². The largest absolute Gasteiger partial charge is 0.192 e. The third-order valence-corrected chi connectivity index (χ3v) is 6.92. The number of thioether (sulfide) groups is 2. The van der Waals surface area contributed by atoms with Gasteiger partial charge >= 0.3 is 0 Å². The van der Waals surface area contributed by atoms with Crippen molar-refractivity contribution in [2.24, 2.45) is 0 Å². The first-order valence-electron chi connectivity index (χ1n) is 8.19. The smallest absolute Gasteiger partial charge is 0.137 e. The molecule has 25 heavy (non-hydrogen) atoms. The number of allylic oxidation sites excluding steroid dienone is 7. The monoisotopic (exact) mass is 362 g/mol. The van der Waals surface area contributed by atoms with Crippen LogP contribution in [0.4, 0.5) is 0 Å². The first-order valence-corrected chi connectivity index (χ1v) is 9.83. The van der Waals surface area contributed by atoms with Gasteiger partial charge in [-0.3, -0.25) is 0 Å². The Balaban J connectivity index is 1.77. The average Bonchev–Trinajstić information content (AvgIpc) is 3.13. The number of hydrogen-bond acceptors (Lipinski definition) is 4. The molecular formula is C21H18N2S2. The fourth-order valence-electron chi connectivity index (χ4n) is 3.00. The van der Waals surface area contributed by atoms with Gasteiger partial charge in [0.25, 0.3) is 0 Å². The van der Waals surface area contributed by atoms with Crippen LogP contribution in [-0.2, 0) is 6.42 Å². The lowest BCUT2D eigenvalue weighted by Gasteiger charge is -2.03. The number of unbranched alkanes of at least 4 members (excludes halogenated alkanes) is 1. The van der Waals surface area contributed by atoms with Crippen LogP contribution in [0.1, 0.15) is 37.8 Å². The fraction of sp³-hybridized carbons (Fsp3) is 0.238. The van der Waals surface area contributed by atoms with Crippen molar-refractivity contribution in [1.29, 1.82) is 10.5 Å². The van der Waals surface area contributed by atoms with Crippen LogP contribution in [0.5, 0.6) is 0 Å². The van der Waals surface area contributed by atoms with E-state index in [1.165, 1.54) is 19.6 Å². The molecule has 0 saturated heterocycles. The van der Waals surface area contributed by atoms with Crippen molar-refractivity contribution in [3.8, 4) is 12.1 Å². The molecule has 2 aliphatic rings. The summed E-state index contributed by atoms with van der Waals surface area (Å²) in [6.45, 7) is 4.32. The van der Waals surface area contributed by atoms with Crippen LogP contribution in [0.2, 0.25) is 0 Å². The Bertz CT molecular complexity index is 886. The zero-order valence-electron chi connectivity index (χ0n) is 14.3. The summed E-state index contributed by atoms with van der Waals surface area (Å²) < 4.78 is 1.36. The van der Waals surface area contributed by atoms with E-state index in [0.29, 0.717) is 0 Å². The highest BCUT2D eigenvalue weighted by Crippen LogP contribution is 2.48. The van der Waals surface area contributed by atoms with E-state index >= 15 is 0 Å². The molecule has 0 atom stereocenters. The Kier molecular flexibility index (Phi) is 5.53. The molecule has 0 amide bonds. The van der Waals surface area contributed by atoms with Gasteiger partial charge in [-0.25, -0.2) is 0 Å². The number of fused-ring (bicyclic) bond motifs is 1. The second kappa shape index (κ2) is 7.83. The van der Waals surface area contributed by atoms with Crippen LogP contribution in [0.3, 0.4) is 0 Å². The quantitative estimate of drug-likeness (QED) is 0.466. The van der Waals surface area contributed by atoms with Crippen molar-refractivity contribution in [2.45, 2.75) is 33.1 Å². The lowest BCUT2D eigenvalue weighted by molar-refractivity contribution is 1.04. The molecule has 1 aromatic carbocycles. The van der Waals surface area contributed by atoms with Gasteiger partial charge in [0.2, 0.25) is 0 Å². The highest BCUT2D eigenvalue weighted by molar-refractivity contribution is 8.28. The molecule has 4 heteroatoms. The molecule has 0 aromatic heterocycles. The lowest BCUT2D eigenvalue weighted by Crippen LogP contribution is -1.87. The molecular weight excluding hydrogens is 344 g/mol. The first-order chi connectivity index (χ1) is 12.1. The summed E-state index contributed by atoms with van der Waals surface area (Å²) in [6.07, 6.45) is 7.17.